The number of cyclic esters (lactones) is 1. The van der Waals surface area contributed by atoms with Crippen LogP contribution in [0.4, 0.5) is 0 Å². The number of aliphatic hydroxyl groups is 2. The third-order valence-corrected chi connectivity index (χ3v) is 8.90. The van der Waals surface area contributed by atoms with Crippen molar-refractivity contribution in [3.63, 3.8) is 0 Å². The first-order valence-corrected chi connectivity index (χ1v) is 17.4. The van der Waals surface area contributed by atoms with Crippen LogP contribution < -0.4 is 0 Å². The van der Waals surface area contributed by atoms with Crippen molar-refractivity contribution in [1.29, 1.82) is 0 Å². The topological polar surface area (TPSA) is 93.1 Å². The minimum atomic E-state index is -0.510. The number of carbonyl (C=O) groups excluding carboxylic acids is 2. The number of esters is 1. The Kier molecular flexibility index (Phi) is 19.6. The molecule has 2 N–H and O–H groups in total. The summed E-state index contributed by atoms with van der Waals surface area (Å²) in [6.45, 7) is 4.14. The molecular formula is C35H62O6. The molecule has 2 aliphatic rings. The van der Waals surface area contributed by atoms with Gasteiger partial charge in [0.2, 0.25) is 0 Å². The van der Waals surface area contributed by atoms with Gasteiger partial charge in [0.25, 0.3) is 0 Å². The molecule has 0 spiro atoms. The van der Waals surface area contributed by atoms with Gasteiger partial charge in [-0.15, -0.1) is 0 Å². The monoisotopic (exact) mass is 578 g/mol. The molecule has 238 valence electrons. The minimum Gasteiger partial charge on any atom is -0.455 e. The van der Waals surface area contributed by atoms with Gasteiger partial charge in [0.05, 0.1) is 24.4 Å². The van der Waals surface area contributed by atoms with E-state index < -0.39 is 12.2 Å². The molecule has 2 rings (SSSR count). The van der Waals surface area contributed by atoms with E-state index >= 15 is 0 Å². The van der Waals surface area contributed by atoms with Crippen LogP contribution in [0.1, 0.15) is 168 Å². The quantitative estimate of drug-likeness (QED) is 0.0792. The predicted molar refractivity (Wildman–Crippen MR) is 166 cm³/mol. The van der Waals surface area contributed by atoms with E-state index in [2.05, 4.69) is 6.92 Å². The Balaban J connectivity index is 1.39. The van der Waals surface area contributed by atoms with Crippen molar-refractivity contribution in [1.82, 2.24) is 0 Å². The second kappa shape index (κ2) is 22.3. The number of aliphatic hydroxyl groups excluding tert-OH is 2. The fourth-order valence-corrected chi connectivity index (χ4v) is 6.25. The van der Waals surface area contributed by atoms with Crippen LogP contribution in [0.5, 0.6) is 0 Å². The van der Waals surface area contributed by atoms with Crippen LogP contribution in [0.25, 0.3) is 0 Å². The van der Waals surface area contributed by atoms with E-state index in [4.69, 9.17) is 9.47 Å². The Bertz CT molecular complexity index is 734. The van der Waals surface area contributed by atoms with Crippen molar-refractivity contribution in [2.75, 3.05) is 0 Å². The van der Waals surface area contributed by atoms with Crippen LogP contribution in [0.15, 0.2) is 11.6 Å². The summed E-state index contributed by atoms with van der Waals surface area (Å²) in [7, 11) is 0. The normalized spacial score (nSPS) is 22.1. The van der Waals surface area contributed by atoms with E-state index in [1.165, 1.54) is 57.8 Å². The van der Waals surface area contributed by atoms with Gasteiger partial charge in [-0.25, -0.2) is 4.79 Å². The SMILES string of the molecule is CCCCCCCCCCCC[C@@H](O)[C@H]1CC[C@H]([C@H](O)CCCCC(=O)CCCCCCCC2=C[C@H](C)OC2=O)O1. The first-order valence-electron chi connectivity index (χ1n) is 17.4. The average molecular weight is 579 g/mol. The molecule has 41 heavy (non-hydrogen) atoms. The van der Waals surface area contributed by atoms with Crippen LogP contribution in [0, 0.1) is 0 Å². The Morgan fingerprint density at radius 3 is 1.76 bits per heavy atom. The van der Waals surface area contributed by atoms with E-state index in [1.807, 2.05) is 13.0 Å². The van der Waals surface area contributed by atoms with Crippen LogP contribution in [0.2, 0.25) is 0 Å². The fraction of sp³-hybridized carbons (Fsp3) is 0.886. The molecule has 6 nitrogen and oxygen atoms in total. The maximum Gasteiger partial charge on any atom is 0.334 e. The zero-order chi connectivity index (χ0) is 29.7. The number of ketones is 1. The molecular weight excluding hydrogens is 516 g/mol. The second-order valence-electron chi connectivity index (χ2n) is 12.8. The first kappa shape index (κ1) is 36.0. The van der Waals surface area contributed by atoms with Crippen molar-refractivity contribution < 1.29 is 29.3 Å². The van der Waals surface area contributed by atoms with Gasteiger partial charge in [-0.05, 0) is 64.4 Å². The van der Waals surface area contributed by atoms with Crippen molar-refractivity contribution in [3.05, 3.63) is 11.6 Å². The highest BCUT2D eigenvalue weighted by molar-refractivity contribution is 5.90. The van der Waals surface area contributed by atoms with Crippen LogP contribution in [0.3, 0.4) is 0 Å². The van der Waals surface area contributed by atoms with Crippen LogP contribution >= 0.6 is 0 Å². The fourth-order valence-electron chi connectivity index (χ4n) is 6.25. The zero-order valence-corrected chi connectivity index (χ0v) is 26.5. The van der Waals surface area contributed by atoms with Gasteiger partial charge >= 0.3 is 5.97 Å². The lowest BCUT2D eigenvalue weighted by Crippen LogP contribution is -2.31. The summed E-state index contributed by atoms with van der Waals surface area (Å²) in [4.78, 5) is 23.8. The number of unbranched alkanes of at least 4 members (excludes halogenated alkanes) is 14. The number of ether oxygens (including phenoxy) is 2. The summed E-state index contributed by atoms with van der Waals surface area (Å²) in [5.41, 5.74) is 0.814. The summed E-state index contributed by atoms with van der Waals surface area (Å²) in [5, 5.41) is 21.2. The highest BCUT2D eigenvalue weighted by atomic mass is 16.5. The highest BCUT2D eigenvalue weighted by Gasteiger charge is 2.34. The minimum absolute atomic E-state index is 0.0851. The van der Waals surface area contributed by atoms with E-state index in [0.29, 0.717) is 25.0 Å². The maximum absolute atomic E-state index is 12.2. The van der Waals surface area contributed by atoms with Crippen molar-refractivity contribution in [2.45, 2.75) is 198 Å². The largest absolute Gasteiger partial charge is 0.455 e. The van der Waals surface area contributed by atoms with Gasteiger partial charge in [0.15, 0.2) is 0 Å². The zero-order valence-electron chi connectivity index (χ0n) is 26.5. The first-order chi connectivity index (χ1) is 19.9. The van der Waals surface area contributed by atoms with Crippen LogP contribution in [-0.4, -0.2) is 52.5 Å². The standard InChI is InChI=1S/C35H62O6/c1-3-4-5-6-7-8-9-10-14-17-23-31(37)33-25-26-34(41-33)32(38)24-19-18-22-30(36)21-16-13-11-12-15-20-29-27-28(2)40-35(29)39/h27-28,31-34,37-38H,3-26H2,1-2H3/t28-,31+,32+,33+,34+/m0/s1. The molecule has 0 aromatic carbocycles. The van der Waals surface area contributed by atoms with E-state index in [9.17, 15) is 19.8 Å². The van der Waals surface area contributed by atoms with Gasteiger partial charge in [-0.1, -0.05) is 96.8 Å². The molecule has 0 aromatic heterocycles. The molecule has 0 unspecified atom stereocenters. The van der Waals surface area contributed by atoms with Gasteiger partial charge in [-0.2, -0.15) is 0 Å². The number of hydrogen-bond donors (Lipinski definition) is 2. The molecule has 1 saturated heterocycles. The number of hydrogen-bond acceptors (Lipinski definition) is 6. The van der Waals surface area contributed by atoms with Gasteiger partial charge in [0.1, 0.15) is 11.9 Å². The predicted octanol–water partition coefficient (Wildman–Crippen LogP) is 8.30. The molecule has 5 atom stereocenters. The number of Topliss-reactive ketones (excluding diaryl/α,β-unsaturated/α-hetero) is 1. The summed E-state index contributed by atoms with van der Waals surface area (Å²) in [5.74, 6) is 0.156. The lowest BCUT2D eigenvalue weighted by Gasteiger charge is -2.22. The van der Waals surface area contributed by atoms with E-state index in [0.717, 1.165) is 82.6 Å². The molecule has 0 aliphatic carbocycles. The summed E-state index contributed by atoms with van der Waals surface area (Å²) in [6, 6.07) is 0. The summed E-state index contributed by atoms with van der Waals surface area (Å²) >= 11 is 0. The molecule has 0 radical (unpaired) electrons. The lowest BCUT2D eigenvalue weighted by molar-refractivity contribution is -0.139. The van der Waals surface area contributed by atoms with Gasteiger partial charge < -0.3 is 19.7 Å². The number of carbonyl (C=O) groups is 2. The lowest BCUT2D eigenvalue weighted by atomic mass is 9.99. The van der Waals surface area contributed by atoms with Gasteiger partial charge in [0, 0.05) is 18.4 Å². The maximum atomic E-state index is 12.2. The van der Waals surface area contributed by atoms with E-state index in [-0.39, 0.29) is 24.3 Å². The molecule has 0 amide bonds. The van der Waals surface area contributed by atoms with Crippen molar-refractivity contribution in [2.24, 2.45) is 0 Å². The molecule has 0 saturated carbocycles. The summed E-state index contributed by atoms with van der Waals surface area (Å²) in [6.07, 6.45) is 25.4. The molecule has 6 heteroatoms. The van der Waals surface area contributed by atoms with Gasteiger partial charge in [-0.3, -0.25) is 4.79 Å². The van der Waals surface area contributed by atoms with Crippen molar-refractivity contribution in [3.8, 4) is 0 Å². The third kappa shape index (κ3) is 16.3. The van der Waals surface area contributed by atoms with E-state index in [1.54, 1.807) is 0 Å². The Labute approximate surface area is 251 Å². The molecule has 2 aliphatic heterocycles. The van der Waals surface area contributed by atoms with Crippen LogP contribution in [-0.2, 0) is 19.1 Å². The second-order valence-corrected chi connectivity index (χ2v) is 12.8. The smallest absolute Gasteiger partial charge is 0.334 e. The van der Waals surface area contributed by atoms with Crippen molar-refractivity contribution >= 4 is 11.8 Å². The molecule has 0 aromatic rings. The Morgan fingerprint density at radius 2 is 1.22 bits per heavy atom. The Hall–Kier alpha value is -1.24. The molecule has 2 heterocycles. The third-order valence-electron chi connectivity index (χ3n) is 8.90. The number of rotatable bonds is 26. The highest BCUT2D eigenvalue weighted by Crippen LogP contribution is 2.28. The molecule has 1 fully saturated rings. The molecule has 0 bridgehead atoms. The Morgan fingerprint density at radius 1 is 0.756 bits per heavy atom. The summed E-state index contributed by atoms with van der Waals surface area (Å²) < 4.78 is 11.2. The average Bonchev–Trinajstić information content (AvgIpc) is 3.57.